The summed E-state index contributed by atoms with van der Waals surface area (Å²) >= 11 is 0. The fraction of sp³-hybridized carbons (Fsp3) is 0.667. The molecule has 1 atom stereocenters. The molecule has 1 aromatic heterocycles. The van der Waals surface area contributed by atoms with Gasteiger partial charge in [-0.2, -0.15) is 0 Å². The Morgan fingerprint density at radius 1 is 1.80 bits per heavy atom. The van der Waals surface area contributed by atoms with Crippen LogP contribution in [0.15, 0.2) is 6.33 Å². The molecule has 1 fully saturated rings. The summed E-state index contributed by atoms with van der Waals surface area (Å²) in [5.74, 6) is -0.420. The standard InChI is InChI=1S/C9H13N3O3/c1-14-9(13)8-10-6-12(11-8)5-7-3-2-4-15-7/h6-7H,2-5H2,1H3. The lowest BCUT2D eigenvalue weighted by Gasteiger charge is -2.07. The van der Waals surface area contributed by atoms with Gasteiger partial charge in [-0.15, -0.1) is 5.10 Å². The Hall–Kier alpha value is -1.43. The van der Waals surface area contributed by atoms with Crippen LogP contribution in [0.1, 0.15) is 23.5 Å². The minimum atomic E-state index is -0.513. The summed E-state index contributed by atoms with van der Waals surface area (Å²) in [4.78, 5) is 14.9. The minimum Gasteiger partial charge on any atom is -0.463 e. The zero-order valence-electron chi connectivity index (χ0n) is 8.55. The predicted molar refractivity (Wildman–Crippen MR) is 50.3 cm³/mol. The van der Waals surface area contributed by atoms with Gasteiger partial charge in [0.1, 0.15) is 6.33 Å². The van der Waals surface area contributed by atoms with Gasteiger partial charge in [0.25, 0.3) is 5.82 Å². The van der Waals surface area contributed by atoms with E-state index in [2.05, 4.69) is 14.8 Å². The van der Waals surface area contributed by atoms with E-state index in [-0.39, 0.29) is 11.9 Å². The van der Waals surface area contributed by atoms with Crippen LogP contribution in [0.5, 0.6) is 0 Å². The predicted octanol–water partition coefficient (Wildman–Crippen LogP) is 0.244. The van der Waals surface area contributed by atoms with Crippen LogP contribution in [0.4, 0.5) is 0 Å². The summed E-state index contributed by atoms with van der Waals surface area (Å²) in [7, 11) is 1.31. The number of nitrogens with zero attached hydrogens (tertiary/aromatic N) is 3. The molecule has 1 aliphatic heterocycles. The zero-order chi connectivity index (χ0) is 10.7. The molecule has 15 heavy (non-hydrogen) atoms. The van der Waals surface area contributed by atoms with Crippen LogP contribution < -0.4 is 0 Å². The van der Waals surface area contributed by atoms with Crippen LogP contribution in [0.25, 0.3) is 0 Å². The summed E-state index contributed by atoms with van der Waals surface area (Å²) in [6.45, 7) is 1.45. The highest BCUT2D eigenvalue weighted by Crippen LogP contribution is 2.13. The minimum absolute atomic E-state index is 0.0931. The number of carbonyl (C=O) groups is 1. The third-order valence-corrected chi connectivity index (χ3v) is 2.32. The molecule has 6 nitrogen and oxygen atoms in total. The maximum Gasteiger partial charge on any atom is 0.377 e. The summed E-state index contributed by atoms with van der Waals surface area (Å²) in [5, 5.41) is 4.00. The molecule has 2 rings (SSSR count). The third-order valence-electron chi connectivity index (χ3n) is 2.32. The summed E-state index contributed by atoms with van der Waals surface area (Å²) in [6.07, 6.45) is 3.84. The van der Waals surface area contributed by atoms with E-state index in [0.717, 1.165) is 19.4 Å². The van der Waals surface area contributed by atoms with E-state index in [9.17, 15) is 4.79 Å². The molecule has 82 valence electrons. The smallest absolute Gasteiger partial charge is 0.377 e. The molecule has 0 N–H and O–H groups in total. The third kappa shape index (κ3) is 2.33. The summed E-state index contributed by atoms with van der Waals surface area (Å²) in [6, 6.07) is 0. The van der Waals surface area contributed by atoms with Crippen molar-refractivity contribution in [3.8, 4) is 0 Å². The summed E-state index contributed by atoms with van der Waals surface area (Å²) in [5.41, 5.74) is 0. The lowest BCUT2D eigenvalue weighted by Crippen LogP contribution is -2.16. The highest BCUT2D eigenvalue weighted by Gasteiger charge is 2.18. The second kappa shape index (κ2) is 4.39. The van der Waals surface area contributed by atoms with Crippen LogP contribution in [-0.2, 0) is 16.0 Å². The average Bonchev–Trinajstić information content (AvgIpc) is 2.88. The first kappa shape index (κ1) is 10.1. The molecule has 1 saturated heterocycles. The van der Waals surface area contributed by atoms with E-state index >= 15 is 0 Å². The molecule has 6 heteroatoms. The molecule has 0 spiro atoms. The molecular formula is C9H13N3O3. The maximum atomic E-state index is 11.1. The summed E-state index contributed by atoms with van der Waals surface area (Å²) < 4.78 is 11.6. The molecule has 0 saturated carbocycles. The van der Waals surface area contributed by atoms with Gasteiger partial charge in [-0.3, -0.25) is 0 Å². The fourth-order valence-corrected chi connectivity index (χ4v) is 1.56. The number of hydrogen-bond donors (Lipinski definition) is 0. The highest BCUT2D eigenvalue weighted by atomic mass is 16.5. The van der Waals surface area contributed by atoms with Gasteiger partial charge in [0.05, 0.1) is 19.8 Å². The quantitative estimate of drug-likeness (QED) is 0.670. The maximum absolute atomic E-state index is 11.1. The van der Waals surface area contributed by atoms with Crippen molar-refractivity contribution >= 4 is 5.97 Å². The van der Waals surface area contributed by atoms with Gasteiger partial charge in [0, 0.05) is 6.61 Å². The molecule has 1 aromatic rings. The number of aromatic nitrogens is 3. The van der Waals surface area contributed by atoms with Crippen molar-refractivity contribution in [2.45, 2.75) is 25.5 Å². The number of rotatable bonds is 3. The number of hydrogen-bond acceptors (Lipinski definition) is 5. The van der Waals surface area contributed by atoms with Gasteiger partial charge in [-0.25, -0.2) is 14.5 Å². The zero-order valence-corrected chi connectivity index (χ0v) is 8.55. The topological polar surface area (TPSA) is 66.2 Å². The molecule has 0 aromatic carbocycles. The molecular weight excluding hydrogens is 198 g/mol. The van der Waals surface area contributed by atoms with Crippen molar-refractivity contribution in [3.05, 3.63) is 12.2 Å². The fourth-order valence-electron chi connectivity index (χ4n) is 1.56. The first-order valence-electron chi connectivity index (χ1n) is 4.89. The van der Waals surface area contributed by atoms with Gasteiger partial charge >= 0.3 is 5.97 Å². The average molecular weight is 211 g/mol. The second-order valence-electron chi connectivity index (χ2n) is 3.42. The SMILES string of the molecule is COC(=O)c1ncn(CC2CCCO2)n1. The lowest BCUT2D eigenvalue weighted by atomic mass is 10.2. The normalized spacial score (nSPS) is 20.5. The molecule has 0 radical (unpaired) electrons. The van der Waals surface area contributed by atoms with E-state index in [1.54, 1.807) is 4.68 Å². The Bertz CT molecular complexity index is 344. The first-order valence-corrected chi connectivity index (χ1v) is 4.89. The van der Waals surface area contributed by atoms with Crippen molar-refractivity contribution in [1.82, 2.24) is 14.8 Å². The van der Waals surface area contributed by atoms with Gasteiger partial charge in [-0.1, -0.05) is 0 Å². The van der Waals surface area contributed by atoms with Crippen molar-refractivity contribution in [1.29, 1.82) is 0 Å². The molecule has 1 unspecified atom stereocenters. The number of carbonyl (C=O) groups excluding carboxylic acids is 1. The van der Waals surface area contributed by atoms with Crippen molar-refractivity contribution in [3.63, 3.8) is 0 Å². The van der Waals surface area contributed by atoms with E-state index in [0.29, 0.717) is 6.54 Å². The highest BCUT2D eigenvalue weighted by molar-refractivity contribution is 5.84. The van der Waals surface area contributed by atoms with E-state index < -0.39 is 5.97 Å². The number of methoxy groups -OCH3 is 1. The van der Waals surface area contributed by atoms with Crippen molar-refractivity contribution in [2.24, 2.45) is 0 Å². The largest absolute Gasteiger partial charge is 0.463 e. The first-order chi connectivity index (χ1) is 7.29. The van der Waals surface area contributed by atoms with Crippen LogP contribution >= 0.6 is 0 Å². The number of ether oxygens (including phenoxy) is 2. The monoisotopic (exact) mass is 211 g/mol. The Balaban J connectivity index is 1.97. The van der Waals surface area contributed by atoms with Crippen LogP contribution in [0, 0.1) is 0 Å². The Kier molecular flexibility index (Phi) is 2.96. The molecule has 1 aliphatic rings. The van der Waals surface area contributed by atoms with E-state index in [4.69, 9.17) is 4.74 Å². The molecule has 0 amide bonds. The van der Waals surface area contributed by atoms with Crippen LogP contribution in [0.2, 0.25) is 0 Å². The van der Waals surface area contributed by atoms with Gasteiger partial charge < -0.3 is 9.47 Å². The Morgan fingerprint density at radius 2 is 2.67 bits per heavy atom. The van der Waals surface area contributed by atoms with E-state index in [1.165, 1.54) is 13.4 Å². The van der Waals surface area contributed by atoms with E-state index in [1.807, 2.05) is 0 Å². The van der Waals surface area contributed by atoms with Gasteiger partial charge in [0.2, 0.25) is 0 Å². The second-order valence-corrected chi connectivity index (χ2v) is 3.42. The van der Waals surface area contributed by atoms with Crippen LogP contribution in [-0.4, -0.2) is 40.6 Å². The lowest BCUT2D eigenvalue weighted by molar-refractivity contribution is 0.0584. The Labute approximate surface area is 87.2 Å². The van der Waals surface area contributed by atoms with Gasteiger partial charge in [0.15, 0.2) is 0 Å². The molecule has 0 bridgehead atoms. The Morgan fingerprint density at radius 3 is 3.33 bits per heavy atom. The number of esters is 1. The van der Waals surface area contributed by atoms with Gasteiger partial charge in [-0.05, 0) is 12.8 Å². The molecule has 0 aliphatic carbocycles. The van der Waals surface area contributed by atoms with Crippen molar-refractivity contribution < 1.29 is 14.3 Å². The van der Waals surface area contributed by atoms with Crippen molar-refractivity contribution in [2.75, 3.05) is 13.7 Å². The molecule has 2 heterocycles. The van der Waals surface area contributed by atoms with Crippen LogP contribution in [0.3, 0.4) is 0 Å².